The molecule has 1 heterocycles. The van der Waals surface area contributed by atoms with Crippen LogP contribution < -0.4 is 0 Å². The summed E-state index contributed by atoms with van der Waals surface area (Å²) in [4.78, 5) is 12.4. The summed E-state index contributed by atoms with van der Waals surface area (Å²) in [7, 11) is 0. The van der Waals surface area contributed by atoms with Crippen LogP contribution >= 0.6 is 0 Å². The average molecular weight is 595 g/mol. The minimum atomic E-state index is -1.64. The predicted octanol–water partition coefficient (Wildman–Crippen LogP) is 6.03. The molecule has 0 amide bonds. The van der Waals surface area contributed by atoms with E-state index >= 15 is 0 Å². The van der Waals surface area contributed by atoms with Crippen LogP contribution in [0.25, 0.3) is 0 Å². The van der Waals surface area contributed by atoms with Crippen molar-refractivity contribution in [2.45, 2.75) is 92.0 Å². The molecular formula is C36H50O7. The third-order valence-electron chi connectivity index (χ3n) is 6.48. The van der Waals surface area contributed by atoms with Gasteiger partial charge in [-0.3, -0.25) is 0 Å². The van der Waals surface area contributed by atoms with E-state index in [0.29, 0.717) is 0 Å². The number of aliphatic hydroxyl groups is 4. The van der Waals surface area contributed by atoms with Gasteiger partial charge in [-0.05, 0) is 61.3 Å². The number of aliphatic hydroxyl groups excluding tert-OH is 4. The molecule has 1 aliphatic heterocycles. The van der Waals surface area contributed by atoms with Gasteiger partial charge in [-0.15, -0.1) is 0 Å². The van der Waals surface area contributed by atoms with Crippen LogP contribution in [0.2, 0.25) is 0 Å². The Morgan fingerprint density at radius 3 is 1.74 bits per heavy atom. The van der Waals surface area contributed by atoms with Gasteiger partial charge in [0.1, 0.15) is 24.4 Å². The molecule has 0 radical (unpaired) electrons. The van der Waals surface area contributed by atoms with Crippen LogP contribution in [0, 0.1) is 0 Å². The summed E-state index contributed by atoms with van der Waals surface area (Å²) in [5.74, 6) is -0.761. The molecule has 43 heavy (non-hydrogen) atoms. The van der Waals surface area contributed by atoms with E-state index in [1.807, 2.05) is 56.4 Å². The fourth-order valence-electron chi connectivity index (χ4n) is 3.74. The van der Waals surface area contributed by atoms with Crippen molar-refractivity contribution in [3.63, 3.8) is 0 Å². The highest BCUT2D eigenvalue weighted by molar-refractivity contribution is 5.88. The molecule has 0 aromatic carbocycles. The van der Waals surface area contributed by atoms with Gasteiger partial charge in [0.25, 0.3) is 0 Å². The molecule has 0 spiro atoms. The monoisotopic (exact) mass is 594 g/mol. The van der Waals surface area contributed by atoms with Gasteiger partial charge in [0.2, 0.25) is 6.29 Å². The number of esters is 1. The van der Waals surface area contributed by atoms with Crippen LogP contribution in [0.5, 0.6) is 0 Å². The van der Waals surface area contributed by atoms with Crippen molar-refractivity contribution in [1.82, 2.24) is 0 Å². The Morgan fingerprint density at radius 1 is 0.698 bits per heavy atom. The van der Waals surface area contributed by atoms with Crippen molar-refractivity contribution in [3.05, 3.63) is 119 Å². The van der Waals surface area contributed by atoms with Crippen molar-refractivity contribution in [3.8, 4) is 0 Å². The number of ether oxygens (including phenoxy) is 2. The molecule has 0 aliphatic carbocycles. The summed E-state index contributed by atoms with van der Waals surface area (Å²) < 4.78 is 10.3. The summed E-state index contributed by atoms with van der Waals surface area (Å²) in [6, 6.07) is 0. The number of rotatable bonds is 14. The first kappa shape index (κ1) is 37.7. The molecule has 4 N–H and O–H groups in total. The van der Waals surface area contributed by atoms with E-state index < -0.39 is 43.3 Å². The molecule has 0 aromatic rings. The Kier molecular flexibility index (Phi) is 18.0. The van der Waals surface area contributed by atoms with Gasteiger partial charge in [0, 0.05) is 5.57 Å². The number of hydrogen-bond donors (Lipinski definition) is 4. The van der Waals surface area contributed by atoms with Gasteiger partial charge in [-0.25, -0.2) is 4.79 Å². The summed E-state index contributed by atoms with van der Waals surface area (Å²) >= 11 is 0. The lowest BCUT2D eigenvalue weighted by Crippen LogP contribution is -2.59. The second kappa shape index (κ2) is 20.6. The van der Waals surface area contributed by atoms with Gasteiger partial charge in [-0.1, -0.05) is 113 Å². The number of carbonyl (C=O) groups is 1. The fourth-order valence-corrected chi connectivity index (χ4v) is 3.74. The molecule has 0 saturated carbocycles. The summed E-state index contributed by atoms with van der Waals surface area (Å²) in [6.45, 7) is 13.4. The van der Waals surface area contributed by atoms with Crippen LogP contribution in [-0.2, 0) is 14.3 Å². The Morgan fingerprint density at radius 2 is 1.21 bits per heavy atom. The lowest BCUT2D eigenvalue weighted by Gasteiger charge is -2.39. The average Bonchev–Trinajstić information content (AvgIpc) is 2.95. The molecule has 1 fully saturated rings. The van der Waals surface area contributed by atoms with Crippen LogP contribution in [0.4, 0.5) is 0 Å². The van der Waals surface area contributed by atoms with Crippen molar-refractivity contribution in [1.29, 1.82) is 0 Å². The SMILES string of the molecule is CC(C)=CCCC(C)=CC=CC(C)=CC=CC=C(C)C=CC=C(C)C=CC=C(C)C(=O)OC1OC(CO)C(O)C(O)C1O. The lowest BCUT2D eigenvalue weighted by molar-refractivity contribution is -0.291. The van der Waals surface area contributed by atoms with E-state index in [2.05, 4.69) is 58.1 Å². The zero-order chi connectivity index (χ0) is 32.4. The highest BCUT2D eigenvalue weighted by Gasteiger charge is 2.45. The van der Waals surface area contributed by atoms with Crippen LogP contribution in [0.1, 0.15) is 61.3 Å². The van der Waals surface area contributed by atoms with E-state index in [1.165, 1.54) is 23.6 Å². The maximum Gasteiger partial charge on any atom is 0.336 e. The van der Waals surface area contributed by atoms with E-state index in [0.717, 1.165) is 24.0 Å². The van der Waals surface area contributed by atoms with E-state index in [-0.39, 0.29) is 5.57 Å². The first-order chi connectivity index (χ1) is 20.3. The van der Waals surface area contributed by atoms with Gasteiger partial charge in [0.15, 0.2) is 0 Å². The van der Waals surface area contributed by atoms with Crippen molar-refractivity contribution >= 4 is 5.97 Å². The normalized spacial score (nSPS) is 25.0. The first-order valence-electron chi connectivity index (χ1n) is 14.6. The zero-order valence-corrected chi connectivity index (χ0v) is 26.6. The van der Waals surface area contributed by atoms with Gasteiger partial charge in [0.05, 0.1) is 6.61 Å². The minimum absolute atomic E-state index is 0.239. The largest absolute Gasteiger partial charge is 0.429 e. The van der Waals surface area contributed by atoms with Gasteiger partial charge < -0.3 is 29.9 Å². The minimum Gasteiger partial charge on any atom is -0.429 e. The molecule has 1 aliphatic rings. The van der Waals surface area contributed by atoms with E-state index in [4.69, 9.17) is 9.47 Å². The molecule has 5 atom stereocenters. The quantitative estimate of drug-likeness (QED) is 0.0840. The van der Waals surface area contributed by atoms with Gasteiger partial charge >= 0.3 is 5.97 Å². The summed E-state index contributed by atoms with van der Waals surface area (Å²) in [6.07, 6.45) is 22.4. The fraction of sp³-hybridized carbons (Fsp3) is 0.417. The molecule has 5 unspecified atom stereocenters. The Labute approximate surface area is 257 Å². The Bertz CT molecular complexity index is 1200. The molecule has 1 saturated heterocycles. The van der Waals surface area contributed by atoms with Crippen molar-refractivity contribution in [2.75, 3.05) is 6.61 Å². The smallest absolute Gasteiger partial charge is 0.336 e. The summed E-state index contributed by atoms with van der Waals surface area (Å²) in [5.41, 5.74) is 6.18. The third kappa shape index (κ3) is 15.6. The second-order valence-corrected chi connectivity index (χ2v) is 11.0. The molecule has 1 rings (SSSR count). The van der Waals surface area contributed by atoms with Gasteiger partial charge in [-0.2, -0.15) is 0 Å². The van der Waals surface area contributed by atoms with E-state index in [9.17, 15) is 25.2 Å². The van der Waals surface area contributed by atoms with E-state index in [1.54, 1.807) is 12.2 Å². The highest BCUT2D eigenvalue weighted by atomic mass is 16.7. The second-order valence-electron chi connectivity index (χ2n) is 11.0. The maximum absolute atomic E-state index is 12.4. The maximum atomic E-state index is 12.4. The van der Waals surface area contributed by atoms with Crippen LogP contribution in [0.15, 0.2) is 119 Å². The van der Waals surface area contributed by atoms with Crippen LogP contribution in [0.3, 0.4) is 0 Å². The summed E-state index contributed by atoms with van der Waals surface area (Å²) in [5, 5.41) is 38.9. The number of allylic oxidation sites excluding steroid dienone is 19. The topological polar surface area (TPSA) is 116 Å². The third-order valence-corrected chi connectivity index (χ3v) is 6.48. The standard InChI is InChI=1S/C36H50O7/c1-25(2)14-10-17-28(5)20-11-18-26(3)15-8-9-16-27(4)19-12-21-29(6)22-13-23-30(7)35(41)43-36-34(40)33(39)32(38)31(24-37)42-36/h8-9,11-16,18-23,31-34,36-40H,10,17,24H2,1-7H3. The molecule has 236 valence electrons. The lowest BCUT2D eigenvalue weighted by atomic mass is 9.99. The highest BCUT2D eigenvalue weighted by Crippen LogP contribution is 2.22. The number of hydrogen-bond acceptors (Lipinski definition) is 7. The van der Waals surface area contributed by atoms with Crippen molar-refractivity contribution < 1.29 is 34.7 Å². The molecule has 7 heteroatoms. The molecular weight excluding hydrogens is 544 g/mol. The Hall–Kier alpha value is -3.33. The molecule has 7 nitrogen and oxygen atoms in total. The number of carbonyl (C=O) groups excluding carboxylic acids is 1. The molecule has 0 aromatic heterocycles. The molecule has 0 bridgehead atoms. The zero-order valence-electron chi connectivity index (χ0n) is 26.6. The predicted molar refractivity (Wildman–Crippen MR) is 174 cm³/mol. The first-order valence-corrected chi connectivity index (χ1v) is 14.6. The Balaban J connectivity index is 2.59. The van der Waals surface area contributed by atoms with Crippen molar-refractivity contribution in [2.24, 2.45) is 0 Å². The van der Waals surface area contributed by atoms with Crippen LogP contribution in [-0.4, -0.2) is 63.7 Å².